The van der Waals surface area contributed by atoms with Crippen molar-refractivity contribution in [3.63, 3.8) is 0 Å². The number of carbonyl (C=O) groups excluding carboxylic acids is 2. The third-order valence-electron chi connectivity index (χ3n) is 3.08. The normalized spacial score (nSPS) is 13.6. The number of hydrogen-bond acceptors (Lipinski definition) is 5. The smallest absolute Gasteiger partial charge is 0.331 e. The number of fused-ring (bicyclic) bond motifs is 1. The molecule has 1 N–H and O–H groups in total. The van der Waals surface area contributed by atoms with Crippen LogP contribution in [0, 0.1) is 0 Å². The van der Waals surface area contributed by atoms with Crippen molar-refractivity contribution in [2.24, 2.45) is 0 Å². The van der Waals surface area contributed by atoms with Crippen molar-refractivity contribution in [1.82, 2.24) is 5.32 Å². The number of rotatable bonds is 7. The van der Waals surface area contributed by atoms with E-state index in [1.165, 1.54) is 0 Å². The molecule has 1 aliphatic heterocycles. The molecule has 0 saturated heterocycles. The minimum Gasteiger partial charge on any atom is -0.423 e. The second kappa shape index (κ2) is 7.64. The molecule has 2 rings (SSSR count). The van der Waals surface area contributed by atoms with Crippen LogP contribution < -0.4 is 15.0 Å². The molecule has 0 aromatic heterocycles. The van der Waals surface area contributed by atoms with Crippen LogP contribution >= 0.6 is 0 Å². The molecule has 0 aliphatic carbocycles. The van der Waals surface area contributed by atoms with Crippen LogP contribution in [0.2, 0.25) is 0 Å². The third-order valence-corrected chi connectivity index (χ3v) is 3.08. The zero-order chi connectivity index (χ0) is 15.1. The number of benzene rings is 1. The molecule has 0 unspecified atom stereocenters. The Balaban J connectivity index is 1.85. The summed E-state index contributed by atoms with van der Waals surface area (Å²) in [6.07, 6.45) is 0.776. The highest BCUT2D eigenvalue weighted by atomic mass is 16.5. The van der Waals surface area contributed by atoms with Gasteiger partial charge in [0.25, 0.3) is 0 Å². The van der Waals surface area contributed by atoms with Crippen molar-refractivity contribution in [3.8, 4) is 5.75 Å². The molecule has 0 bridgehead atoms. The van der Waals surface area contributed by atoms with Gasteiger partial charge in [-0.1, -0.05) is 12.1 Å². The van der Waals surface area contributed by atoms with E-state index < -0.39 is 0 Å². The standard InChI is InChI=1S/C15H20N2O4/c1-2-20-9-5-8-16-14(18)10-17-11-15(19)21-13-7-4-3-6-12(13)17/h3-4,6-7H,2,5,8-11H2,1H3,(H,16,18). The zero-order valence-electron chi connectivity index (χ0n) is 12.1. The number of para-hydroxylation sites is 2. The van der Waals surface area contributed by atoms with E-state index in [0.29, 0.717) is 25.5 Å². The SMILES string of the molecule is CCOCCCNC(=O)CN1CC(=O)Oc2ccccc21. The number of nitrogens with one attached hydrogen (secondary N) is 1. The van der Waals surface area contributed by atoms with Gasteiger partial charge in [0.15, 0.2) is 5.75 Å². The lowest BCUT2D eigenvalue weighted by Crippen LogP contribution is -2.43. The highest BCUT2D eigenvalue weighted by Gasteiger charge is 2.24. The first-order chi connectivity index (χ1) is 10.2. The lowest BCUT2D eigenvalue weighted by Gasteiger charge is -2.29. The number of ether oxygens (including phenoxy) is 2. The molecular formula is C15H20N2O4. The highest BCUT2D eigenvalue weighted by molar-refractivity contribution is 5.89. The molecule has 1 heterocycles. The van der Waals surface area contributed by atoms with E-state index in [1.807, 2.05) is 19.1 Å². The summed E-state index contributed by atoms with van der Waals surface area (Å²) in [6.45, 7) is 4.05. The summed E-state index contributed by atoms with van der Waals surface area (Å²) in [4.78, 5) is 25.2. The molecule has 1 amide bonds. The maximum Gasteiger partial charge on any atom is 0.331 e. The van der Waals surface area contributed by atoms with Gasteiger partial charge in [0.1, 0.15) is 6.54 Å². The monoisotopic (exact) mass is 292 g/mol. The summed E-state index contributed by atoms with van der Waals surface area (Å²) in [5, 5.41) is 2.82. The fraction of sp³-hybridized carbons (Fsp3) is 0.467. The number of hydrogen-bond donors (Lipinski definition) is 1. The fourth-order valence-electron chi connectivity index (χ4n) is 2.12. The van der Waals surface area contributed by atoms with E-state index in [-0.39, 0.29) is 25.0 Å². The Labute approximate surface area is 124 Å². The molecule has 1 aromatic rings. The zero-order valence-corrected chi connectivity index (χ0v) is 12.1. The van der Waals surface area contributed by atoms with Gasteiger partial charge in [-0.3, -0.25) is 4.79 Å². The van der Waals surface area contributed by atoms with Crippen molar-refractivity contribution in [1.29, 1.82) is 0 Å². The van der Waals surface area contributed by atoms with Crippen LogP contribution in [-0.4, -0.2) is 44.7 Å². The Kier molecular flexibility index (Phi) is 5.57. The molecule has 0 saturated carbocycles. The van der Waals surface area contributed by atoms with Crippen LogP contribution in [0.4, 0.5) is 5.69 Å². The number of carbonyl (C=O) groups is 2. The maximum atomic E-state index is 11.9. The van der Waals surface area contributed by atoms with Crippen molar-refractivity contribution in [3.05, 3.63) is 24.3 Å². The van der Waals surface area contributed by atoms with Gasteiger partial charge >= 0.3 is 5.97 Å². The predicted molar refractivity (Wildman–Crippen MR) is 78.4 cm³/mol. The van der Waals surface area contributed by atoms with Crippen molar-refractivity contribution in [2.45, 2.75) is 13.3 Å². The maximum absolute atomic E-state index is 11.9. The minimum absolute atomic E-state index is 0.0867. The number of esters is 1. The first-order valence-electron chi connectivity index (χ1n) is 7.10. The average molecular weight is 292 g/mol. The van der Waals surface area contributed by atoms with E-state index in [4.69, 9.17) is 9.47 Å². The molecule has 0 fully saturated rings. The summed E-state index contributed by atoms with van der Waals surface area (Å²) < 4.78 is 10.3. The second-order valence-electron chi connectivity index (χ2n) is 4.70. The summed E-state index contributed by atoms with van der Waals surface area (Å²) in [6, 6.07) is 7.21. The van der Waals surface area contributed by atoms with Gasteiger partial charge < -0.3 is 19.7 Å². The largest absolute Gasteiger partial charge is 0.423 e. The summed E-state index contributed by atoms with van der Waals surface area (Å²) in [7, 11) is 0. The molecule has 0 spiro atoms. The van der Waals surface area contributed by atoms with E-state index in [1.54, 1.807) is 17.0 Å². The molecule has 114 valence electrons. The van der Waals surface area contributed by atoms with E-state index in [9.17, 15) is 9.59 Å². The third kappa shape index (κ3) is 4.46. The summed E-state index contributed by atoms with van der Waals surface area (Å²) in [5.41, 5.74) is 0.765. The van der Waals surface area contributed by atoms with Crippen LogP contribution in [0.25, 0.3) is 0 Å². The number of anilines is 1. The van der Waals surface area contributed by atoms with Crippen molar-refractivity contribution in [2.75, 3.05) is 37.7 Å². The number of nitrogens with zero attached hydrogens (tertiary/aromatic N) is 1. The fourth-order valence-corrected chi connectivity index (χ4v) is 2.12. The lowest BCUT2D eigenvalue weighted by atomic mass is 10.2. The van der Waals surface area contributed by atoms with Crippen LogP contribution in [-0.2, 0) is 14.3 Å². The molecule has 21 heavy (non-hydrogen) atoms. The Hall–Kier alpha value is -2.08. The van der Waals surface area contributed by atoms with Gasteiger partial charge in [-0.05, 0) is 25.5 Å². The first-order valence-corrected chi connectivity index (χ1v) is 7.10. The van der Waals surface area contributed by atoms with E-state index in [0.717, 1.165) is 12.1 Å². The first kappa shape index (κ1) is 15.3. The van der Waals surface area contributed by atoms with Crippen molar-refractivity contribution >= 4 is 17.6 Å². The van der Waals surface area contributed by atoms with E-state index in [2.05, 4.69) is 5.32 Å². The Morgan fingerprint density at radius 1 is 1.43 bits per heavy atom. The highest BCUT2D eigenvalue weighted by Crippen LogP contribution is 2.30. The topological polar surface area (TPSA) is 67.9 Å². The number of amides is 1. The van der Waals surface area contributed by atoms with Crippen LogP contribution in [0.1, 0.15) is 13.3 Å². The Morgan fingerprint density at radius 2 is 2.24 bits per heavy atom. The van der Waals surface area contributed by atoms with E-state index >= 15 is 0 Å². The van der Waals surface area contributed by atoms with Gasteiger partial charge in [-0.15, -0.1) is 0 Å². The molecule has 1 aromatic carbocycles. The average Bonchev–Trinajstić information content (AvgIpc) is 2.47. The quantitative estimate of drug-likeness (QED) is 0.460. The lowest BCUT2D eigenvalue weighted by molar-refractivity contribution is -0.133. The molecule has 6 nitrogen and oxygen atoms in total. The molecule has 6 heteroatoms. The van der Waals surface area contributed by atoms with Crippen LogP contribution in [0.3, 0.4) is 0 Å². The van der Waals surface area contributed by atoms with Gasteiger partial charge in [0, 0.05) is 19.8 Å². The van der Waals surface area contributed by atoms with Gasteiger partial charge in [-0.25, -0.2) is 4.79 Å². The molecule has 0 atom stereocenters. The van der Waals surface area contributed by atoms with Gasteiger partial charge in [0.2, 0.25) is 5.91 Å². The van der Waals surface area contributed by atoms with Gasteiger partial charge in [-0.2, -0.15) is 0 Å². The Morgan fingerprint density at radius 3 is 3.05 bits per heavy atom. The molecule has 1 aliphatic rings. The predicted octanol–water partition coefficient (Wildman–Crippen LogP) is 0.955. The molecular weight excluding hydrogens is 272 g/mol. The summed E-state index contributed by atoms with van der Waals surface area (Å²) >= 11 is 0. The van der Waals surface area contributed by atoms with Crippen LogP contribution in [0.5, 0.6) is 5.75 Å². The molecule has 0 radical (unpaired) electrons. The minimum atomic E-state index is -0.349. The second-order valence-corrected chi connectivity index (χ2v) is 4.70. The van der Waals surface area contributed by atoms with Gasteiger partial charge in [0.05, 0.1) is 12.2 Å². The van der Waals surface area contributed by atoms with Crippen LogP contribution in [0.15, 0.2) is 24.3 Å². The van der Waals surface area contributed by atoms with Crippen molar-refractivity contribution < 1.29 is 19.1 Å². The summed E-state index contributed by atoms with van der Waals surface area (Å²) in [5.74, 6) is 0.0340. The Bertz CT molecular complexity index is 504.